The zero-order valence-corrected chi connectivity index (χ0v) is 46.4. The van der Waals surface area contributed by atoms with Crippen LogP contribution in [-0.2, 0) is 80.1 Å². The number of benzene rings is 3. The molecule has 0 saturated carbocycles. The molecule has 3 aromatic rings. The summed E-state index contributed by atoms with van der Waals surface area (Å²) < 4.78 is 82.8. The molecule has 4 N–H and O–H groups in total. The number of hydrogen-bond donors (Lipinski definition) is 3. The summed E-state index contributed by atoms with van der Waals surface area (Å²) >= 11 is 0. The summed E-state index contributed by atoms with van der Waals surface area (Å²) in [6.07, 6.45) is 2.83. The van der Waals surface area contributed by atoms with Gasteiger partial charge in [-0.05, 0) is 60.0 Å². The van der Waals surface area contributed by atoms with Crippen molar-refractivity contribution >= 4 is 39.5 Å². The normalized spacial score (nSPS) is 14.0. The van der Waals surface area contributed by atoms with Crippen LogP contribution in [0.15, 0.2) is 82.2 Å². The molecule has 21 nitrogen and oxygen atoms in total. The average molecular weight is 1110 g/mol. The maximum absolute atomic E-state index is 14.1. The second-order valence-electron chi connectivity index (χ2n) is 18.7. The van der Waals surface area contributed by atoms with Gasteiger partial charge in [0.25, 0.3) is 5.91 Å². The molecular formula is C56H83N5O16S. The minimum atomic E-state index is -3.69. The Kier molecular flexibility index (Phi) is 30.6. The molecule has 22 heteroatoms. The fourth-order valence-corrected chi connectivity index (χ4v) is 9.71. The second kappa shape index (κ2) is 37.2. The molecule has 0 radical (unpaired) electrons. The third kappa shape index (κ3) is 24.3. The van der Waals surface area contributed by atoms with E-state index >= 15 is 0 Å². The van der Waals surface area contributed by atoms with E-state index in [0.717, 1.165) is 41.8 Å². The lowest BCUT2D eigenvalue weighted by atomic mass is 10.0. The summed E-state index contributed by atoms with van der Waals surface area (Å²) in [5.41, 5.74) is 12.0. The van der Waals surface area contributed by atoms with E-state index in [9.17, 15) is 23.1 Å². The number of nitrogens with two attached hydrogens (primary N) is 1. The van der Waals surface area contributed by atoms with Crippen molar-refractivity contribution in [3.8, 4) is 11.1 Å². The lowest BCUT2D eigenvalue weighted by Crippen LogP contribution is -2.51. The number of likely N-dealkylation sites (N-methyl/N-ethyl adjacent to an activating group) is 1. The van der Waals surface area contributed by atoms with Gasteiger partial charge < -0.3 is 68.2 Å². The van der Waals surface area contributed by atoms with Gasteiger partial charge in [0.15, 0.2) is 0 Å². The molecule has 1 amide bonds. The first-order valence-electron chi connectivity index (χ1n) is 26.9. The number of hydrogen-bond acceptors (Lipinski definition) is 18. The fourth-order valence-electron chi connectivity index (χ4n) is 8.07. The molecule has 0 aliphatic carbocycles. The van der Waals surface area contributed by atoms with E-state index in [-0.39, 0.29) is 42.8 Å². The molecule has 2 heterocycles. The van der Waals surface area contributed by atoms with E-state index in [2.05, 4.69) is 48.1 Å². The monoisotopic (exact) mass is 1110 g/mol. The number of amidine groups is 1. The summed E-state index contributed by atoms with van der Waals surface area (Å²) in [4.78, 5) is 33.5. The highest BCUT2D eigenvalue weighted by Gasteiger charge is 2.36. The fraction of sp³-hybridized carbons (Fsp3) is 0.589. The van der Waals surface area contributed by atoms with E-state index < -0.39 is 16.0 Å². The molecule has 2 aliphatic rings. The number of aliphatic hydroxyl groups excluding tert-OH is 1. The van der Waals surface area contributed by atoms with Crippen LogP contribution in [0.4, 0.5) is 5.69 Å². The van der Waals surface area contributed by atoms with Gasteiger partial charge >= 0.3 is 5.97 Å². The number of sulfonamides is 1. The summed E-state index contributed by atoms with van der Waals surface area (Å²) in [5, 5.41) is 17.9. The van der Waals surface area contributed by atoms with Crippen LogP contribution < -0.4 is 5.73 Å². The number of ether oxygens (including phenoxy) is 10. The molecule has 3 aromatic carbocycles. The van der Waals surface area contributed by atoms with Gasteiger partial charge in [-0.1, -0.05) is 55.5 Å². The van der Waals surface area contributed by atoms with Crippen LogP contribution in [0, 0.1) is 5.92 Å². The zero-order chi connectivity index (χ0) is 55.6. The van der Waals surface area contributed by atoms with Crippen LogP contribution in [0.2, 0.25) is 0 Å². The number of fused-ring (bicyclic) bond motifs is 1. The van der Waals surface area contributed by atoms with Crippen molar-refractivity contribution in [2.75, 3.05) is 172 Å². The van der Waals surface area contributed by atoms with Gasteiger partial charge in [-0.25, -0.2) is 13.4 Å². The van der Waals surface area contributed by atoms with Crippen molar-refractivity contribution in [1.82, 2.24) is 14.1 Å². The van der Waals surface area contributed by atoms with E-state index in [1.807, 2.05) is 35.2 Å². The Hall–Kier alpha value is -4.76. The first-order chi connectivity index (χ1) is 38.0. The van der Waals surface area contributed by atoms with Gasteiger partial charge in [0.2, 0.25) is 10.0 Å². The molecule has 0 aromatic heterocycles. The van der Waals surface area contributed by atoms with Crippen molar-refractivity contribution in [3.05, 3.63) is 89.0 Å². The number of amides is 1. The number of carboxylic acid groups (broad SMARTS) is 1. The van der Waals surface area contributed by atoms with Gasteiger partial charge in [0.1, 0.15) is 5.84 Å². The average Bonchev–Trinajstić information content (AvgIpc) is 3.59. The van der Waals surface area contributed by atoms with Crippen LogP contribution >= 0.6 is 0 Å². The van der Waals surface area contributed by atoms with Crippen LogP contribution in [-0.4, -0.2) is 222 Å². The first kappa shape index (κ1) is 64.1. The molecule has 0 bridgehead atoms. The third-order valence-corrected chi connectivity index (χ3v) is 14.1. The quantitative estimate of drug-likeness (QED) is 0.0670. The van der Waals surface area contributed by atoms with Crippen LogP contribution in [0.1, 0.15) is 42.9 Å². The Labute approximate surface area is 460 Å². The number of aliphatic imine (C=N–C) groups is 1. The Morgan fingerprint density at radius 2 is 1.12 bits per heavy atom. The molecule has 0 unspecified atom stereocenters. The number of carbonyl (C=O) groups is 2. The van der Waals surface area contributed by atoms with Crippen LogP contribution in [0.5, 0.6) is 0 Å². The largest absolute Gasteiger partial charge is 0.481 e. The van der Waals surface area contributed by atoms with Crippen LogP contribution in [0.3, 0.4) is 0 Å². The first-order valence-corrected chi connectivity index (χ1v) is 28.3. The van der Waals surface area contributed by atoms with Crippen molar-refractivity contribution in [1.29, 1.82) is 0 Å². The number of rotatable bonds is 44. The standard InChI is InChI=1S/C56H83N5O16S/c1-3-14-60(56(65)51-36-50-12-11-49(38-53(50)58-54(57)39-51)48-5-4-6-52(37-48)78(66,67)61-42-47(43-61)44-62)41-46-9-7-45(8-10-46)40-59(2)15-17-69-19-21-71-23-25-73-27-29-75-31-33-77-35-34-76-32-30-74-28-26-72-24-22-70-20-18-68-16-13-55(63)64/h4-12,36-38,47,62H,3,13-35,39-44H2,1-2H3,(H2,57,58)(H,63,64). The molecule has 2 aliphatic heterocycles. The van der Waals surface area contributed by atoms with Crippen molar-refractivity contribution in [2.24, 2.45) is 16.6 Å². The summed E-state index contributed by atoms with van der Waals surface area (Å²) in [6.45, 7) is 14.1. The predicted octanol–water partition coefficient (Wildman–Crippen LogP) is 4.25. The minimum Gasteiger partial charge on any atom is -0.481 e. The topological polar surface area (TPSA) is 249 Å². The maximum Gasteiger partial charge on any atom is 0.305 e. The molecule has 78 heavy (non-hydrogen) atoms. The minimum absolute atomic E-state index is 0.0134. The third-order valence-electron chi connectivity index (χ3n) is 12.3. The molecule has 0 atom stereocenters. The summed E-state index contributed by atoms with van der Waals surface area (Å²) in [5.74, 6) is -0.699. The predicted molar refractivity (Wildman–Crippen MR) is 294 cm³/mol. The molecule has 1 saturated heterocycles. The van der Waals surface area contributed by atoms with Crippen molar-refractivity contribution in [3.63, 3.8) is 0 Å². The lowest BCUT2D eigenvalue weighted by molar-refractivity contribution is -0.138. The van der Waals surface area contributed by atoms with Crippen molar-refractivity contribution in [2.45, 2.75) is 44.2 Å². The number of aliphatic carboxylic acids is 1. The number of nitrogens with zero attached hydrogens (tertiary/aromatic N) is 4. The van der Waals surface area contributed by atoms with E-state index in [1.165, 1.54) is 4.31 Å². The maximum atomic E-state index is 14.1. The van der Waals surface area contributed by atoms with Gasteiger partial charge in [-0.2, -0.15) is 4.31 Å². The lowest BCUT2D eigenvalue weighted by Gasteiger charge is -2.36. The molecule has 5 rings (SSSR count). The summed E-state index contributed by atoms with van der Waals surface area (Å²) in [7, 11) is -1.63. The Bertz CT molecular complexity index is 2370. The van der Waals surface area contributed by atoms with Gasteiger partial charge in [-0.3, -0.25) is 14.5 Å². The van der Waals surface area contributed by atoms with Crippen LogP contribution in [0.25, 0.3) is 17.2 Å². The van der Waals surface area contributed by atoms with Gasteiger partial charge in [-0.15, -0.1) is 0 Å². The highest BCUT2D eigenvalue weighted by atomic mass is 32.2. The molecular weight excluding hydrogens is 1030 g/mol. The highest BCUT2D eigenvalue weighted by Crippen LogP contribution is 2.34. The zero-order valence-electron chi connectivity index (χ0n) is 45.6. The Balaban J connectivity index is 0.849. The van der Waals surface area contributed by atoms with Crippen molar-refractivity contribution < 1.29 is 75.6 Å². The number of aliphatic hydroxyl groups is 1. The second-order valence-corrected chi connectivity index (χ2v) is 20.6. The van der Waals surface area contributed by atoms with Gasteiger partial charge in [0, 0.05) is 69.4 Å². The van der Waals surface area contributed by atoms with E-state index in [4.69, 9.17) is 58.2 Å². The highest BCUT2D eigenvalue weighted by molar-refractivity contribution is 7.89. The Morgan fingerprint density at radius 3 is 1.60 bits per heavy atom. The summed E-state index contributed by atoms with van der Waals surface area (Å²) in [6, 6.07) is 20.8. The Morgan fingerprint density at radius 1 is 0.641 bits per heavy atom. The van der Waals surface area contributed by atoms with E-state index in [1.54, 1.807) is 18.2 Å². The molecule has 0 spiro atoms. The van der Waals surface area contributed by atoms with E-state index in [0.29, 0.717) is 174 Å². The van der Waals surface area contributed by atoms with Gasteiger partial charge in [0.05, 0.1) is 149 Å². The number of carbonyl (C=O) groups excluding carboxylic acids is 1. The number of carboxylic acids is 1. The molecule has 434 valence electrons. The molecule has 1 fully saturated rings. The smallest absolute Gasteiger partial charge is 0.305 e. The SMILES string of the molecule is CCCN(Cc1ccc(CN(C)CCOCCOCCOCCOCCOCCOCCOCCOCCOCCOCCC(=O)O)cc1)C(=O)C1=Cc2ccc(-c3cccc(S(=O)(=O)N4CC(CO)C4)c3)cc2N=C(N)C1.